The van der Waals surface area contributed by atoms with E-state index in [1.165, 1.54) is 0 Å². The van der Waals surface area contributed by atoms with Crippen LogP contribution < -0.4 is 0 Å². The summed E-state index contributed by atoms with van der Waals surface area (Å²) in [7, 11) is 0. The van der Waals surface area contributed by atoms with Gasteiger partial charge in [-0.2, -0.15) is 5.10 Å². The van der Waals surface area contributed by atoms with E-state index in [9.17, 15) is 0 Å². The number of halogens is 1. The molecule has 0 amide bonds. The van der Waals surface area contributed by atoms with Gasteiger partial charge in [-0.3, -0.25) is 0 Å². The Kier molecular flexibility index (Phi) is 1.49. The zero-order valence-electron chi connectivity index (χ0n) is 7.18. The molecule has 3 nitrogen and oxygen atoms in total. The van der Waals surface area contributed by atoms with Crippen molar-refractivity contribution in [2.75, 3.05) is 0 Å². The Bertz CT molecular complexity index is 615. The number of hydrogen-bond acceptors (Lipinski definition) is 2. The third-order valence-corrected chi connectivity index (χ3v) is 2.41. The van der Waals surface area contributed by atoms with E-state index in [0.717, 1.165) is 16.6 Å². The minimum Gasteiger partial charge on any atom is -0.236 e. The highest BCUT2D eigenvalue weighted by atomic mass is 35.5. The Morgan fingerprint density at radius 3 is 3.07 bits per heavy atom. The van der Waals surface area contributed by atoms with Crippen LogP contribution >= 0.6 is 11.6 Å². The molecular formula is C10H6ClN3. The molecule has 0 saturated carbocycles. The van der Waals surface area contributed by atoms with Gasteiger partial charge in [-0.15, -0.1) is 0 Å². The first-order valence-electron chi connectivity index (χ1n) is 4.22. The maximum absolute atomic E-state index is 5.89. The summed E-state index contributed by atoms with van der Waals surface area (Å²) in [6.45, 7) is 0. The van der Waals surface area contributed by atoms with Crippen molar-refractivity contribution in [1.82, 2.24) is 14.6 Å². The highest BCUT2D eigenvalue weighted by molar-refractivity contribution is 6.31. The van der Waals surface area contributed by atoms with Crippen LogP contribution in [-0.2, 0) is 0 Å². The predicted molar refractivity (Wildman–Crippen MR) is 55.5 cm³/mol. The van der Waals surface area contributed by atoms with E-state index in [2.05, 4.69) is 10.1 Å². The van der Waals surface area contributed by atoms with Crippen molar-refractivity contribution < 1.29 is 0 Å². The summed E-state index contributed by atoms with van der Waals surface area (Å²) in [4.78, 5) is 4.25. The average molecular weight is 204 g/mol. The quantitative estimate of drug-likeness (QED) is 0.562. The van der Waals surface area contributed by atoms with Crippen LogP contribution in [0.25, 0.3) is 16.6 Å². The van der Waals surface area contributed by atoms with Crippen molar-refractivity contribution in [3.05, 3.63) is 41.7 Å². The summed E-state index contributed by atoms with van der Waals surface area (Å²) in [5.74, 6) is 0. The normalized spacial score (nSPS) is 11.2. The van der Waals surface area contributed by atoms with E-state index >= 15 is 0 Å². The number of benzene rings is 1. The molecular weight excluding hydrogens is 198 g/mol. The Labute approximate surface area is 84.9 Å². The van der Waals surface area contributed by atoms with Gasteiger partial charge in [-0.05, 0) is 18.2 Å². The zero-order chi connectivity index (χ0) is 9.54. The Morgan fingerprint density at radius 2 is 2.14 bits per heavy atom. The second-order valence-electron chi connectivity index (χ2n) is 3.06. The van der Waals surface area contributed by atoms with Crippen molar-refractivity contribution in [3.63, 3.8) is 0 Å². The van der Waals surface area contributed by atoms with Gasteiger partial charge in [0, 0.05) is 22.7 Å². The third kappa shape index (κ3) is 0.992. The van der Waals surface area contributed by atoms with E-state index < -0.39 is 0 Å². The maximum Gasteiger partial charge on any atom is 0.155 e. The molecule has 0 spiro atoms. The van der Waals surface area contributed by atoms with Crippen LogP contribution in [-0.4, -0.2) is 14.6 Å². The molecule has 0 unspecified atom stereocenters. The van der Waals surface area contributed by atoms with E-state index in [-0.39, 0.29) is 0 Å². The van der Waals surface area contributed by atoms with Crippen molar-refractivity contribution >= 4 is 28.2 Å². The molecule has 1 aromatic carbocycles. The van der Waals surface area contributed by atoms with Gasteiger partial charge in [-0.1, -0.05) is 11.6 Å². The smallest absolute Gasteiger partial charge is 0.155 e. The number of fused-ring (bicyclic) bond motifs is 3. The highest BCUT2D eigenvalue weighted by Gasteiger charge is 2.01. The van der Waals surface area contributed by atoms with Gasteiger partial charge in [0.25, 0.3) is 0 Å². The monoisotopic (exact) mass is 203 g/mol. The number of nitrogens with zero attached hydrogens (tertiary/aromatic N) is 3. The highest BCUT2D eigenvalue weighted by Crippen LogP contribution is 2.18. The van der Waals surface area contributed by atoms with Crippen LogP contribution in [0.4, 0.5) is 0 Å². The van der Waals surface area contributed by atoms with Gasteiger partial charge in [0.15, 0.2) is 5.65 Å². The van der Waals surface area contributed by atoms with E-state index in [4.69, 9.17) is 11.6 Å². The molecule has 14 heavy (non-hydrogen) atoms. The minimum atomic E-state index is 0.714. The second kappa shape index (κ2) is 2.69. The molecule has 0 atom stereocenters. The summed E-state index contributed by atoms with van der Waals surface area (Å²) in [5.41, 5.74) is 1.87. The summed E-state index contributed by atoms with van der Waals surface area (Å²) < 4.78 is 1.80. The van der Waals surface area contributed by atoms with Crippen LogP contribution in [0.5, 0.6) is 0 Å². The lowest BCUT2D eigenvalue weighted by molar-refractivity contribution is 0.984. The SMILES string of the molecule is Clc1ccc2c(cnc3ccnn32)c1. The molecule has 68 valence electrons. The van der Waals surface area contributed by atoms with Gasteiger partial charge < -0.3 is 0 Å². The number of aromatic nitrogens is 3. The van der Waals surface area contributed by atoms with Crippen LogP contribution in [0.1, 0.15) is 0 Å². The first-order valence-corrected chi connectivity index (χ1v) is 4.60. The lowest BCUT2D eigenvalue weighted by Crippen LogP contribution is -1.91. The average Bonchev–Trinajstić information content (AvgIpc) is 2.65. The van der Waals surface area contributed by atoms with Gasteiger partial charge in [0.05, 0.1) is 11.7 Å². The van der Waals surface area contributed by atoms with E-state index in [0.29, 0.717) is 5.02 Å². The van der Waals surface area contributed by atoms with E-state index in [1.54, 1.807) is 16.9 Å². The van der Waals surface area contributed by atoms with Gasteiger partial charge in [0.1, 0.15) is 0 Å². The van der Waals surface area contributed by atoms with Crippen LogP contribution in [0.3, 0.4) is 0 Å². The van der Waals surface area contributed by atoms with Crippen molar-refractivity contribution in [3.8, 4) is 0 Å². The first-order chi connectivity index (χ1) is 6.84. The van der Waals surface area contributed by atoms with Crippen molar-refractivity contribution in [1.29, 1.82) is 0 Å². The van der Waals surface area contributed by atoms with Crippen LogP contribution in [0, 0.1) is 0 Å². The molecule has 2 heterocycles. The number of rotatable bonds is 0. The molecule has 3 rings (SSSR count). The topological polar surface area (TPSA) is 30.2 Å². The third-order valence-electron chi connectivity index (χ3n) is 2.18. The molecule has 2 aromatic heterocycles. The summed E-state index contributed by atoms with van der Waals surface area (Å²) in [6.07, 6.45) is 3.54. The molecule has 0 bridgehead atoms. The molecule has 0 saturated heterocycles. The molecule has 0 aliphatic rings. The fourth-order valence-electron chi connectivity index (χ4n) is 1.54. The van der Waals surface area contributed by atoms with Crippen LogP contribution in [0.2, 0.25) is 5.02 Å². The standard InChI is InChI=1S/C10H6ClN3/c11-8-1-2-9-7(5-8)6-12-10-3-4-13-14(9)10/h1-6H. The first kappa shape index (κ1) is 7.76. The zero-order valence-corrected chi connectivity index (χ0v) is 7.94. The fourth-order valence-corrected chi connectivity index (χ4v) is 1.72. The molecule has 0 radical (unpaired) electrons. The predicted octanol–water partition coefficient (Wildman–Crippen LogP) is 2.54. The summed E-state index contributed by atoms with van der Waals surface area (Å²) >= 11 is 5.89. The van der Waals surface area contributed by atoms with Gasteiger partial charge >= 0.3 is 0 Å². The molecule has 0 aliphatic carbocycles. The van der Waals surface area contributed by atoms with Crippen LogP contribution in [0.15, 0.2) is 36.7 Å². The second-order valence-corrected chi connectivity index (χ2v) is 3.50. The Balaban J connectivity index is 2.57. The molecule has 0 N–H and O–H groups in total. The fraction of sp³-hybridized carbons (Fsp3) is 0. The molecule has 0 aliphatic heterocycles. The van der Waals surface area contributed by atoms with Crippen molar-refractivity contribution in [2.45, 2.75) is 0 Å². The summed E-state index contributed by atoms with van der Waals surface area (Å²) in [6, 6.07) is 7.55. The Morgan fingerprint density at radius 1 is 1.21 bits per heavy atom. The lowest BCUT2D eigenvalue weighted by Gasteiger charge is -2.00. The Hall–Kier alpha value is -1.61. The van der Waals surface area contributed by atoms with Gasteiger partial charge in [0.2, 0.25) is 0 Å². The summed E-state index contributed by atoms with van der Waals surface area (Å²) in [5, 5.41) is 5.90. The van der Waals surface area contributed by atoms with E-state index in [1.807, 2.05) is 24.3 Å². The largest absolute Gasteiger partial charge is 0.236 e. The van der Waals surface area contributed by atoms with Crippen molar-refractivity contribution in [2.24, 2.45) is 0 Å². The minimum absolute atomic E-state index is 0.714. The van der Waals surface area contributed by atoms with Gasteiger partial charge in [-0.25, -0.2) is 9.50 Å². The molecule has 3 aromatic rings. The number of hydrogen-bond donors (Lipinski definition) is 0. The molecule has 4 heteroatoms. The molecule has 0 fully saturated rings. The maximum atomic E-state index is 5.89. The lowest BCUT2D eigenvalue weighted by atomic mass is 10.2.